The predicted molar refractivity (Wildman–Crippen MR) is 140 cm³/mol. The van der Waals surface area contributed by atoms with Crippen LogP contribution in [-0.2, 0) is 21.2 Å². The minimum atomic E-state index is -3.80. The van der Waals surface area contributed by atoms with Crippen molar-refractivity contribution in [1.82, 2.24) is 4.72 Å². The summed E-state index contributed by atoms with van der Waals surface area (Å²) in [5, 5.41) is 4.95. The van der Waals surface area contributed by atoms with Crippen molar-refractivity contribution in [1.29, 1.82) is 0 Å². The van der Waals surface area contributed by atoms with Gasteiger partial charge in [0.15, 0.2) is 0 Å². The molecule has 0 fully saturated rings. The van der Waals surface area contributed by atoms with E-state index in [0.29, 0.717) is 23.2 Å². The van der Waals surface area contributed by atoms with Crippen LogP contribution in [0.3, 0.4) is 0 Å². The number of aryl methyl sites for hydroxylation is 1. The van der Waals surface area contributed by atoms with Crippen molar-refractivity contribution >= 4 is 38.4 Å². The summed E-state index contributed by atoms with van der Waals surface area (Å²) in [7, 11) is -2.55. The average Bonchev–Trinajstić information content (AvgIpc) is 2.89. The predicted octanol–water partition coefficient (Wildman–Crippen LogP) is 4.71. The molecule has 0 unspecified atom stereocenters. The summed E-state index contributed by atoms with van der Waals surface area (Å²) < 4.78 is 32.6. The summed E-state index contributed by atoms with van der Waals surface area (Å²) in [6, 6.07) is 25.0. The van der Waals surface area contributed by atoms with E-state index < -0.39 is 16.0 Å². The number of amides is 1. The average molecular weight is 503 g/mol. The van der Waals surface area contributed by atoms with Gasteiger partial charge in [-0.2, -0.15) is 0 Å². The number of rotatable bonds is 8. The van der Waals surface area contributed by atoms with Gasteiger partial charge in [0.2, 0.25) is 10.0 Å². The molecular weight excluding hydrogens is 476 g/mol. The molecule has 0 spiro atoms. The normalized spacial score (nSPS) is 11.3. The highest BCUT2D eigenvalue weighted by Gasteiger charge is 2.18. The van der Waals surface area contributed by atoms with Gasteiger partial charge >= 0.3 is 5.97 Å². The van der Waals surface area contributed by atoms with Crippen molar-refractivity contribution in [3.63, 3.8) is 0 Å². The van der Waals surface area contributed by atoms with Gasteiger partial charge in [0.1, 0.15) is 0 Å². The van der Waals surface area contributed by atoms with Gasteiger partial charge in [-0.25, -0.2) is 17.9 Å². The Hall–Kier alpha value is -4.01. The van der Waals surface area contributed by atoms with Crippen LogP contribution < -0.4 is 10.0 Å². The molecule has 2 N–H and O–H groups in total. The van der Waals surface area contributed by atoms with E-state index in [2.05, 4.69) is 10.0 Å². The maximum absolute atomic E-state index is 12.7. The summed E-state index contributed by atoms with van der Waals surface area (Å²) >= 11 is 0. The second-order valence-electron chi connectivity index (χ2n) is 8.33. The van der Waals surface area contributed by atoms with Crippen molar-refractivity contribution in [2.75, 3.05) is 19.0 Å². The third-order valence-corrected chi connectivity index (χ3v) is 7.31. The monoisotopic (exact) mass is 502 g/mol. The van der Waals surface area contributed by atoms with E-state index in [1.807, 2.05) is 48.5 Å². The number of ether oxygens (including phenoxy) is 1. The number of carbonyl (C=O) groups is 2. The van der Waals surface area contributed by atoms with Crippen LogP contribution in [0, 0.1) is 6.92 Å². The van der Waals surface area contributed by atoms with Gasteiger partial charge in [0, 0.05) is 17.8 Å². The molecule has 7 nitrogen and oxygen atoms in total. The second kappa shape index (κ2) is 10.7. The molecule has 0 bridgehead atoms. The molecule has 0 saturated carbocycles. The van der Waals surface area contributed by atoms with Crippen LogP contribution in [0.1, 0.15) is 31.8 Å². The zero-order valence-corrected chi connectivity index (χ0v) is 20.8. The number of carbonyl (C=O) groups excluding carboxylic acids is 2. The van der Waals surface area contributed by atoms with Gasteiger partial charge in [0.05, 0.1) is 17.6 Å². The first-order valence-electron chi connectivity index (χ1n) is 11.3. The molecule has 1 amide bonds. The molecule has 4 aromatic rings. The molecule has 4 aromatic carbocycles. The lowest BCUT2D eigenvalue weighted by molar-refractivity contribution is 0.0599. The van der Waals surface area contributed by atoms with Crippen LogP contribution in [0.4, 0.5) is 5.69 Å². The largest absolute Gasteiger partial charge is 0.465 e. The number of hydrogen-bond acceptors (Lipinski definition) is 5. The van der Waals surface area contributed by atoms with E-state index in [1.54, 1.807) is 31.2 Å². The minimum Gasteiger partial charge on any atom is -0.465 e. The Morgan fingerprint density at radius 1 is 0.861 bits per heavy atom. The Morgan fingerprint density at radius 3 is 2.31 bits per heavy atom. The van der Waals surface area contributed by atoms with Crippen molar-refractivity contribution in [3.05, 3.63) is 107 Å². The molecule has 0 heterocycles. The number of methoxy groups -OCH3 is 1. The Labute approximate surface area is 210 Å². The van der Waals surface area contributed by atoms with Crippen molar-refractivity contribution in [2.45, 2.75) is 18.2 Å². The van der Waals surface area contributed by atoms with Crippen LogP contribution >= 0.6 is 0 Å². The number of anilines is 1. The SMILES string of the molecule is COC(=O)c1cc(S(=O)(=O)NCCc2ccc(NC(=O)c3ccc4ccccc4c3)cc2)ccc1C. The van der Waals surface area contributed by atoms with E-state index in [4.69, 9.17) is 4.74 Å². The highest BCUT2D eigenvalue weighted by Crippen LogP contribution is 2.19. The Kier molecular flexibility index (Phi) is 7.47. The summed E-state index contributed by atoms with van der Waals surface area (Å²) in [5.41, 5.74) is 2.96. The summed E-state index contributed by atoms with van der Waals surface area (Å²) in [6.07, 6.45) is 0.452. The molecule has 4 rings (SSSR count). The van der Waals surface area contributed by atoms with Gasteiger partial charge in [-0.05, 0) is 71.6 Å². The topological polar surface area (TPSA) is 102 Å². The number of sulfonamides is 1. The number of nitrogens with one attached hydrogen (secondary N) is 2. The first-order valence-corrected chi connectivity index (χ1v) is 12.8. The smallest absolute Gasteiger partial charge is 0.338 e. The van der Waals surface area contributed by atoms with Crippen molar-refractivity contribution in [3.8, 4) is 0 Å². The maximum Gasteiger partial charge on any atom is 0.338 e. The fourth-order valence-corrected chi connectivity index (χ4v) is 4.86. The second-order valence-corrected chi connectivity index (χ2v) is 10.1. The third kappa shape index (κ3) is 5.79. The van der Waals surface area contributed by atoms with E-state index in [0.717, 1.165) is 16.3 Å². The lowest BCUT2D eigenvalue weighted by Crippen LogP contribution is -2.26. The molecule has 0 saturated heterocycles. The summed E-state index contributed by atoms with van der Waals surface area (Å²) in [4.78, 5) is 24.5. The van der Waals surface area contributed by atoms with Gasteiger partial charge in [-0.15, -0.1) is 0 Å². The molecule has 36 heavy (non-hydrogen) atoms. The molecule has 0 aliphatic heterocycles. The molecule has 0 aromatic heterocycles. The molecule has 0 aliphatic rings. The van der Waals surface area contributed by atoms with Crippen molar-refractivity contribution in [2.24, 2.45) is 0 Å². The lowest BCUT2D eigenvalue weighted by atomic mass is 10.1. The number of esters is 1. The maximum atomic E-state index is 12.7. The molecule has 0 radical (unpaired) electrons. The number of benzene rings is 4. The molecule has 0 atom stereocenters. The Morgan fingerprint density at radius 2 is 1.58 bits per heavy atom. The molecule has 0 aliphatic carbocycles. The Balaban J connectivity index is 1.35. The van der Waals surface area contributed by atoms with Gasteiger partial charge < -0.3 is 10.1 Å². The van der Waals surface area contributed by atoms with Crippen LogP contribution in [0.5, 0.6) is 0 Å². The molecule has 184 valence electrons. The molecule has 8 heteroatoms. The highest BCUT2D eigenvalue weighted by molar-refractivity contribution is 7.89. The highest BCUT2D eigenvalue weighted by atomic mass is 32.2. The first-order chi connectivity index (χ1) is 17.3. The zero-order valence-electron chi connectivity index (χ0n) is 19.9. The van der Waals surface area contributed by atoms with Crippen LogP contribution in [0.15, 0.2) is 89.8 Å². The van der Waals surface area contributed by atoms with E-state index in [9.17, 15) is 18.0 Å². The van der Waals surface area contributed by atoms with E-state index in [1.165, 1.54) is 19.2 Å². The molecular formula is C28H26N2O5S. The van der Waals surface area contributed by atoms with Crippen LogP contribution in [-0.4, -0.2) is 33.9 Å². The first kappa shape index (κ1) is 25.1. The van der Waals surface area contributed by atoms with Crippen LogP contribution in [0.2, 0.25) is 0 Å². The van der Waals surface area contributed by atoms with Crippen LogP contribution in [0.25, 0.3) is 10.8 Å². The van der Waals surface area contributed by atoms with Gasteiger partial charge in [0.25, 0.3) is 5.91 Å². The zero-order chi connectivity index (χ0) is 25.7. The van der Waals surface area contributed by atoms with Crippen molar-refractivity contribution < 1.29 is 22.7 Å². The third-order valence-electron chi connectivity index (χ3n) is 5.85. The number of fused-ring (bicyclic) bond motifs is 1. The standard InChI is InChI=1S/C28H26N2O5S/c1-19-7-14-25(18-26(19)28(32)35-2)36(33,34)29-16-15-20-8-12-24(13-9-20)30-27(31)23-11-10-21-5-3-4-6-22(21)17-23/h3-14,17-18,29H,15-16H2,1-2H3,(H,30,31). The van der Waals surface area contributed by atoms with E-state index in [-0.39, 0.29) is 22.9 Å². The fourth-order valence-electron chi connectivity index (χ4n) is 3.80. The van der Waals surface area contributed by atoms with E-state index >= 15 is 0 Å². The summed E-state index contributed by atoms with van der Waals surface area (Å²) in [6.45, 7) is 1.89. The lowest BCUT2D eigenvalue weighted by Gasteiger charge is -2.10. The Bertz CT molecular complexity index is 1530. The number of hydrogen-bond donors (Lipinski definition) is 2. The van der Waals surface area contributed by atoms with Gasteiger partial charge in [-0.3, -0.25) is 4.79 Å². The van der Waals surface area contributed by atoms with Gasteiger partial charge in [-0.1, -0.05) is 48.5 Å². The minimum absolute atomic E-state index is 0.000232. The quantitative estimate of drug-likeness (QED) is 0.340. The summed E-state index contributed by atoms with van der Waals surface area (Å²) in [5.74, 6) is -0.789. The fraction of sp³-hybridized carbons (Fsp3) is 0.143.